The number of carbonyl (C=O) groups is 1. The standard InChI is InChI=1S/C9H9F3N2O4/c1-17-5-2-4(3-13)6(8(15)16)14-7(5)18-9(10,11)12/h2H,3,13H2,1H3,(H,15,16). The Labute approximate surface area is 99.1 Å². The Bertz CT molecular complexity index is 462. The number of pyridine rings is 1. The molecule has 0 radical (unpaired) electrons. The summed E-state index contributed by atoms with van der Waals surface area (Å²) in [5.41, 5.74) is 4.69. The van der Waals surface area contributed by atoms with E-state index in [1.807, 2.05) is 0 Å². The van der Waals surface area contributed by atoms with E-state index in [0.717, 1.165) is 13.2 Å². The molecule has 0 aromatic carbocycles. The van der Waals surface area contributed by atoms with E-state index in [1.165, 1.54) is 0 Å². The number of carboxylic acids is 1. The molecule has 100 valence electrons. The Kier molecular flexibility index (Phi) is 3.96. The fourth-order valence-corrected chi connectivity index (χ4v) is 1.19. The molecule has 0 saturated heterocycles. The van der Waals surface area contributed by atoms with Crippen LogP contribution in [0.2, 0.25) is 0 Å². The van der Waals surface area contributed by atoms with Crippen LogP contribution in [0.5, 0.6) is 11.6 Å². The van der Waals surface area contributed by atoms with Crippen molar-refractivity contribution in [1.29, 1.82) is 0 Å². The maximum atomic E-state index is 12.1. The van der Waals surface area contributed by atoms with Crippen molar-refractivity contribution in [2.75, 3.05) is 7.11 Å². The molecule has 3 N–H and O–H groups in total. The fourth-order valence-electron chi connectivity index (χ4n) is 1.19. The van der Waals surface area contributed by atoms with Gasteiger partial charge in [0.2, 0.25) is 0 Å². The number of aromatic carboxylic acids is 1. The van der Waals surface area contributed by atoms with Gasteiger partial charge in [-0.2, -0.15) is 0 Å². The number of carboxylic acid groups (broad SMARTS) is 1. The number of halogens is 3. The average Bonchev–Trinajstić information content (AvgIpc) is 2.26. The number of hydrogen-bond acceptors (Lipinski definition) is 5. The highest BCUT2D eigenvalue weighted by atomic mass is 19.4. The molecule has 0 aliphatic rings. The van der Waals surface area contributed by atoms with Gasteiger partial charge in [-0.25, -0.2) is 9.78 Å². The first-order valence-electron chi connectivity index (χ1n) is 4.55. The molecule has 0 saturated carbocycles. The number of ether oxygens (including phenoxy) is 2. The molecule has 0 unspecified atom stereocenters. The third-order valence-electron chi connectivity index (χ3n) is 1.89. The molecule has 0 atom stereocenters. The minimum absolute atomic E-state index is 0.0360. The summed E-state index contributed by atoms with van der Waals surface area (Å²) >= 11 is 0. The van der Waals surface area contributed by atoms with E-state index in [-0.39, 0.29) is 17.9 Å². The summed E-state index contributed by atoms with van der Waals surface area (Å²) in [6, 6.07) is 1.04. The smallest absolute Gasteiger partial charge is 0.491 e. The summed E-state index contributed by atoms with van der Waals surface area (Å²) in [7, 11) is 1.10. The zero-order valence-electron chi connectivity index (χ0n) is 9.11. The van der Waals surface area contributed by atoms with Crippen LogP contribution in [0, 0.1) is 0 Å². The summed E-state index contributed by atoms with van der Waals surface area (Å²) in [5.74, 6) is -2.83. The van der Waals surface area contributed by atoms with Crippen LogP contribution in [0.1, 0.15) is 16.1 Å². The van der Waals surface area contributed by atoms with E-state index in [4.69, 9.17) is 10.8 Å². The van der Waals surface area contributed by atoms with Gasteiger partial charge in [0.05, 0.1) is 7.11 Å². The molecule has 0 fully saturated rings. The summed E-state index contributed by atoms with van der Waals surface area (Å²) in [5, 5.41) is 8.79. The monoisotopic (exact) mass is 266 g/mol. The van der Waals surface area contributed by atoms with Crippen LogP contribution in [0.4, 0.5) is 13.2 Å². The predicted octanol–water partition coefficient (Wildman–Crippen LogP) is 1.15. The highest BCUT2D eigenvalue weighted by Crippen LogP contribution is 2.31. The minimum atomic E-state index is -5.00. The third-order valence-corrected chi connectivity index (χ3v) is 1.89. The Morgan fingerprint density at radius 3 is 2.56 bits per heavy atom. The first-order chi connectivity index (χ1) is 8.28. The van der Waals surface area contributed by atoms with Crippen LogP contribution >= 0.6 is 0 Å². The van der Waals surface area contributed by atoms with Crippen LogP contribution in [-0.2, 0) is 6.54 Å². The Hall–Kier alpha value is -2.03. The number of nitrogens with zero attached hydrogens (tertiary/aromatic N) is 1. The molecule has 9 heteroatoms. The summed E-state index contributed by atoms with van der Waals surface area (Å²) < 4.78 is 44.5. The van der Waals surface area contributed by atoms with E-state index in [0.29, 0.717) is 0 Å². The van der Waals surface area contributed by atoms with Gasteiger partial charge in [-0.15, -0.1) is 13.2 Å². The van der Waals surface area contributed by atoms with Crippen molar-refractivity contribution < 1.29 is 32.5 Å². The molecule has 1 aromatic rings. The van der Waals surface area contributed by atoms with E-state index in [2.05, 4.69) is 14.5 Å². The second-order valence-corrected chi connectivity index (χ2v) is 3.06. The van der Waals surface area contributed by atoms with Gasteiger partial charge in [-0.05, 0) is 6.07 Å². The summed E-state index contributed by atoms with van der Waals surface area (Å²) in [6.45, 7) is -0.211. The number of alkyl halides is 3. The quantitative estimate of drug-likeness (QED) is 0.848. The van der Waals surface area contributed by atoms with Crippen LogP contribution in [-0.4, -0.2) is 29.5 Å². The maximum absolute atomic E-state index is 12.1. The molecule has 18 heavy (non-hydrogen) atoms. The van der Waals surface area contributed by atoms with Crippen LogP contribution in [0.3, 0.4) is 0 Å². The summed E-state index contributed by atoms with van der Waals surface area (Å²) in [6.07, 6.45) is -5.00. The van der Waals surface area contributed by atoms with Crippen molar-refractivity contribution in [2.24, 2.45) is 5.73 Å². The molecule has 6 nitrogen and oxygen atoms in total. The largest absolute Gasteiger partial charge is 0.574 e. The Balaban J connectivity index is 3.32. The van der Waals surface area contributed by atoms with Crippen molar-refractivity contribution >= 4 is 5.97 Å². The number of aromatic nitrogens is 1. The molecule has 1 heterocycles. The number of nitrogens with two attached hydrogens (primary N) is 1. The Morgan fingerprint density at radius 2 is 2.17 bits per heavy atom. The fraction of sp³-hybridized carbons (Fsp3) is 0.333. The molecule has 1 rings (SSSR count). The topological polar surface area (TPSA) is 94.7 Å². The number of hydrogen-bond donors (Lipinski definition) is 2. The zero-order chi connectivity index (χ0) is 13.9. The second kappa shape index (κ2) is 5.08. The van der Waals surface area contributed by atoms with E-state index in [9.17, 15) is 18.0 Å². The van der Waals surface area contributed by atoms with E-state index >= 15 is 0 Å². The molecule has 0 bridgehead atoms. The van der Waals surface area contributed by atoms with Gasteiger partial charge >= 0.3 is 12.3 Å². The minimum Gasteiger partial charge on any atom is -0.491 e. The lowest BCUT2D eigenvalue weighted by molar-refractivity contribution is -0.276. The lowest BCUT2D eigenvalue weighted by atomic mass is 10.2. The lowest BCUT2D eigenvalue weighted by Gasteiger charge is -2.13. The van der Waals surface area contributed by atoms with Gasteiger partial charge in [-0.1, -0.05) is 0 Å². The highest BCUT2D eigenvalue weighted by Gasteiger charge is 2.34. The highest BCUT2D eigenvalue weighted by molar-refractivity contribution is 5.87. The van der Waals surface area contributed by atoms with Gasteiger partial charge in [-0.3, -0.25) is 0 Å². The van der Waals surface area contributed by atoms with Gasteiger partial charge < -0.3 is 20.3 Å². The zero-order valence-corrected chi connectivity index (χ0v) is 9.11. The van der Waals surface area contributed by atoms with Crippen molar-refractivity contribution in [3.05, 3.63) is 17.3 Å². The van der Waals surface area contributed by atoms with Crippen LogP contribution in [0.25, 0.3) is 0 Å². The molecule has 0 spiro atoms. The van der Waals surface area contributed by atoms with Gasteiger partial charge in [0, 0.05) is 12.1 Å². The number of methoxy groups -OCH3 is 1. The second-order valence-electron chi connectivity index (χ2n) is 3.06. The molecule has 0 aliphatic carbocycles. The van der Waals surface area contributed by atoms with Gasteiger partial charge in [0.15, 0.2) is 11.4 Å². The normalized spacial score (nSPS) is 11.2. The SMILES string of the molecule is COc1cc(CN)c(C(=O)O)nc1OC(F)(F)F. The molecular formula is C9H9F3N2O4. The van der Waals surface area contributed by atoms with Crippen LogP contribution in [0.15, 0.2) is 6.07 Å². The van der Waals surface area contributed by atoms with Crippen molar-refractivity contribution in [1.82, 2.24) is 4.98 Å². The molecule has 1 aromatic heterocycles. The van der Waals surface area contributed by atoms with Gasteiger partial charge in [0.25, 0.3) is 5.88 Å². The maximum Gasteiger partial charge on any atom is 0.574 e. The Morgan fingerprint density at radius 1 is 1.56 bits per heavy atom. The predicted molar refractivity (Wildman–Crippen MR) is 52.3 cm³/mol. The van der Waals surface area contributed by atoms with E-state index < -0.39 is 23.9 Å². The number of rotatable bonds is 4. The average molecular weight is 266 g/mol. The lowest BCUT2D eigenvalue weighted by Crippen LogP contribution is -2.20. The first-order valence-corrected chi connectivity index (χ1v) is 4.55. The summed E-state index contributed by atoms with van der Waals surface area (Å²) in [4.78, 5) is 14.1. The van der Waals surface area contributed by atoms with Gasteiger partial charge in [0.1, 0.15) is 0 Å². The third kappa shape index (κ3) is 3.23. The first kappa shape index (κ1) is 14.0. The van der Waals surface area contributed by atoms with Crippen LogP contribution < -0.4 is 15.2 Å². The molecule has 0 aliphatic heterocycles. The van der Waals surface area contributed by atoms with Crippen molar-refractivity contribution in [2.45, 2.75) is 12.9 Å². The molecule has 0 amide bonds. The van der Waals surface area contributed by atoms with E-state index in [1.54, 1.807) is 0 Å². The van der Waals surface area contributed by atoms with Crippen molar-refractivity contribution in [3.63, 3.8) is 0 Å². The van der Waals surface area contributed by atoms with Crippen molar-refractivity contribution in [3.8, 4) is 11.6 Å². The molecular weight excluding hydrogens is 257 g/mol.